The molecule has 0 aliphatic carbocycles. The lowest BCUT2D eigenvalue weighted by Crippen LogP contribution is -2.11. The maximum absolute atomic E-state index is 2.50. The second-order valence-corrected chi connectivity index (χ2v) is 21.5. The Balaban J connectivity index is 1.02. The number of nitrogens with zero attached hydrogens (tertiary/aromatic N) is 2. The van der Waals surface area contributed by atoms with Crippen molar-refractivity contribution in [2.75, 3.05) is 9.80 Å². The number of hydrogen-bond acceptors (Lipinski definition) is 2. The first kappa shape index (κ1) is 47.2. The van der Waals surface area contributed by atoms with Crippen LogP contribution in [0.4, 0.5) is 34.1 Å². The minimum absolute atomic E-state index is 1.10. The first-order chi connectivity index (χ1) is 40.7. The maximum atomic E-state index is 2.50. The third-order valence-electron chi connectivity index (χ3n) is 16.8. The van der Waals surface area contributed by atoms with Crippen LogP contribution in [0, 0.1) is 0 Å². The zero-order valence-electron chi connectivity index (χ0n) is 44.9. The number of hydrogen-bond donors (Lipinski definition) is 0. The molecule has 16 aromatic carbocycles. The van der Waals surface area contributed by atoms with E-state index in [1.165, 1.54) is 108 Å². The van der Waals surface area contributed by atoms with Gasteiger partial charge in [0.15, 0.2) is 0 Å². The zero-order chi connectivity index (χ0) is 54.1. The van der Waals surface area contributed by atoms with Crippen molar-refractivity contribution in [2.24, 2.45) is 0 Å². The van der Waals surface area contributed by atoms with E-state index < -0.39 is 0 Å². The molecule has 0 fully saturated rings. The Morgan fingerprint density at radius 2 is 0.427 bits per heavy atom. The molecule has 0 radical (unpaired) electrons. The van der Waals surface area contributed by atoms with Crippen molar-refractivity contribution in [1.82, 2.24) is 0 Å². The van der Waals surface area contributed by atoms with Crippen LogP contribution in [0.25, 0.3) is 120 Å². The number of benzene rings is 16. The summed E-state index contributed by atoms with van der Waals surface area (Å²) in [4.78, 5) is 4.95. The minimum atomic E-state index is 1.10. The quantitative estimate of drug-likeness (QED) is 0.133. The van der Waals surface area contributed by atoms with Crippen LogP contribution in [0.5, 0.6) is 0 Å². The van der Waals surface area contributed by atoms with Crippen molar-refractivity contribution in [1.29, 1.82) is 0 Å². The zero-order valence-corrected chi connectivity index (χ0v) is 44.9. The van der Waals surface area contributed by atoms with Crippen LogP contribution in [-0.4, -0.2) is 0 Å². The Morgan fingerprint density at radius 1 is 0.159 bits per heavy atom. The maximum Gasteiger partial charge on any atom is 0.0618 e. The second-order valence-electron chi connectivity index (χ2n) is 21.5. The van der Waals surface area contributed by atoms with Gasteiger partial charge in [-0.15, -0.1) is 0 Å². The van der Waals surface area contributed by atoms with E-state index in [9.17, 15) is 0 Å². The van der Waals surface area contributed by atoms with E-state index in [2.05, 4.69) is 325 Å². The smallest absolute Gasteiger partial charge is 0.0618 e. The summed E-state index contributed by atoms with van der Waals surface area (Å²) in [7, 11) is 0. The molecule has 2 nitrogen and oxygen atoms in total. The van der Waals surface area contributed by atoms with Gasteiger partial charge in [-0.05, 0) is 171 Å². The molecule has 2 heteroatoms. The van der Waals surface area contributed by atoms with Gasteiger partial charge in [0.2, 0.25) is 0 Å². The summed E-state index contributed by atoms with van der Waals surface area (Å²) in [5.41, 5.74) is 13.8. The van der Waals surface area contributed by atoms with Gasteiger partial charge < -0.3 is 9.80 Å². The fourth-order valence-corrected chi connectivity index (χ4v) is 13.3. The molecule has 0 saturated carbocycles. The highest BCUT2D eigenvalue weighted by Gasteiger charge is 2.26. The van der Waals surface area contributed by atoms with Crippen molar-refractivity contribution < 1.29 is 0 Å². The predicted molar refractivity (Wildman–Crippen MR) is 352 cm³/mol. The highest BCUT2D eigenvalue weighted by atomic mass is 15.2. The molecule has 0 aliphatic rings. The van der Waals surface area contributed by atoms with Crippen LogP contribution >= 0.6 is 0 Å². The average molecular weight is 1040 g/mol. The molecule has 0 bridgehead atoms. The summed E-state index contributed by atoms with van der Waals surface area (Å²) in [6, 6.07) is 117. The predicted octanol–water partition coefficient (Wildman–Crippen LogP) is 22.9. The van der Waals surface area contributed by atoms with Crippen molar-refractivity contribution in [3.8, 4) is 33.4 Å². The summed E-state index contributed by atoms with van der Waals surface area (Å²) in [5.74, 6) is 0. The fourth-order valence-electron chi connectivity index (χ4n) is 13.3. The molecular formula is C80H52N2. The Morgan fingerprint density at radius 3 is 0.780 bits per heavy atom. The molecule has 0 heterocycles. The van der Waals surface area contributed by atoms with Crippen LogP contribution in [0.1, 0.15) is 0 Å². The van der Waals surface area contributed by atoms with Gasteiger partial charge in [-0.3, -0.25) is 0 Å². The number of para-hydroxylation sites is 2. The van der Waals surface area contributed by atoms with E-state index in [-0.39, 0.29) is 0 Å². The summed E-state index contributed by atoms with van der Waals surface area (Å²) in [6.45, 7) is 0. The van der Waals surface area contributed by atoms with Gasteiger partial charge in [-0.1, -0.05) is 243 Å². The van der Waals surface area contributed by atoms with Crippen molar-refractivity contribution in [2.45, 2.75) is 0 Å². The molecule has 0 unspecified atom stereocenters. The SMILES string of the molecule is c1ccc(N(c2ccc3ccccc3c2)c2c3ccccc3c(-c3cc(-c4c5ccccc5cc5ccccc45)cc(-c4c5ccccc5c(N(c5ccccc5)c5ccc6ccccc6c5)c5ccccc45)c3)c3ccccc23)cc1. The van der Waals surface area contributed by atoms with Gasteiger partial charge >= 0.3 is 0 Å². The van der Waals surface area contributed by atoms with E-state index in [0.717, 1.165) is 45.3 Å². The van der Waals surface area contributed by atoms with Gasteiger partial charge in [-0.25, -0.2) is 0 Å². The van der Waals surface area contributed by atoms with Crippen molar-refractivity contribution in [3.05, 3.63) is 315 Å². The average Bonchev–Trinajstić information content (AvgIpc) is 2.73. The van der Waals surface area contributed by atoms with Crippen LogP contribution in [0.2, 0.25) is 0 Å². The number of rotatable bonds is 9. The molecular weight excluding hydrogens is 989 g/mol. The number of fused-ring (bicyclic) bond motifs is 8. The summed E-state index contributed by atoms with van der Waals surface area (Å²) in [6.07, 6.45) is 0. The molecule has 16 rings (SSSR count). The third kappa shape index (κ3) is 7.80. The highest BCUT2D eigenvalue weighted by molar-refractivity contribution is 6.26. The fraction of sp³-hybridized carbons (Fsp3) is 0. The van der Waals surface area contributed by atoms with E-state index in [4.69, 9.17) is 0 Å². The lowest BCUT2D eigenvalue weighted by Gasteiger charge is -2.30. The molecule has 0 saturated heterocycles. The molecule has 382 valence electrons. The Bertz CT molecular complexity index is 4750. The van der Waals surface area contributed by atoms with Gasteiger partial charge in [0, 0.05) is 44.3 Å². The Labute approximate surface area is 476 Å². The van der Waals surface area contributed by atoms with Crippen LogP contribution in [0.15, 0.2) is 315 Å². The number of anilines is 6. The third-order valence-corrected chi connectivity index (χ3v) is 16.8. The standard InChI is InChI=1S/C80H52N2/c1-3-29-62(30-4-1)81(64-45-43-53-23-7-9-25-55(53)51-64)79-72-39-19-15-35-68(72)77(69-36-16-20-40-73(69)79)60-48-59(76-66-33-13-11-27-57(66)47-58-28-12-14-34-67(58)76)49-61(50-60)78-70-37-17-21-41-74(70)80(75-42-22-18-38-71(75)78)82(63-31-5-2-6-32-63)65-46-44-54-24-8-10-26-56(54)52-65/h1-52H. The summed E-state index contributed by atoms with van der Waals surface area (Å²) >= 11 is 0. The van der Waals surface area contributed by atoms with Crippen LogP contribution in [0.3, 0.4) is 0 Å². The first-order valence-corrected chi connectivity index (χ1v) is 28.3. The Hall–Kier alpha value is -10.8. The second kappa shape index (κ2) is 19.5. The van der Waals surface area contributed by atoms with Crippen LogP contribution in [-0.2, 0) is 0 Å². The molecule has 0 spiro atoms. The summed E-state index contributed by atoms with van der Waals surface area (Å²) < 4.78 is 0. The highest BCUT2D eigenvalue weighted by Crippen LogP contribution is 2.53. The summed E-state index contributed by atoms with van der Waals surface area (Å²) in [5, 5.41) is 19.1. The lowest BCUT2D eigenvalue weighted by atomic mass is 9.83. The van der Waals surface area contributed by atoms with Crippen molar-refractivity contribution >= 4 is 120 Å². The van der Waals surface area contributed by atoms with E-state index in [0.29, 0.717) is 0 Å². The molecule has 16 aromatic rings. The normalized spacial score (nSPS) is 11.7. The minimum Gasteiger partial charge on any atom is -0.309 e. The molecule has 0 aromatic heterocycles. The van der Waals surface area contributed by atoms with E-state index >= 15 is 0 Å². The van der Waals surface area contributed by atoms with Gasteiger partial charge in [0.25, 0.3) is 0 Å². The van der Waals surface area contributed by atoms with E-state index in [1.54, 1.807) is 0 Å². The first-order valence-electron chi connectivity index (χ1n) is 28.3. The molecule has 82 heavy (non-hydrogen) atoms. The molecule has 0 aliphatic heterocycles. The van der Waals surface area contributed by atoms with Crippen molar-refractivity contribution in [3.63, 3.8) is 0 Å². The molecule has 0 N–H and O–H groups in total. The monoisotopic (exact) mass is 1040 g/mol. The van der Waals surface area contributed by atoms with E-state index in [1.807, 2.05) is 0 Å². The molecule has 0 atom stereocenters. The van der Waals surface area contributed by atoms with Crippen LogP contribution < -0.4 is 9.80 Å². The van der Waals surface area contributed by atoms with Gasteiger partial charge in [-0.2, -0.15) is 0 Å². The molecule has 0 amide bonds. The lowest BCUT2D eigenvalue weighted by molar-refractivity contribution is 1.32. The van der Waals surface area contributed by atoms with Gasteiger partial charge in [0.1, 0.15) is 0 Å². The largest absolute Gasteiger partial charge is 0.309 e. The Kier molecular flexibility index (Phi) is 11.2. The topological polar surface area (TPSA) is 6.48 Å². The van der Waals surface area contributed by atoms with Gasteiger partial charge in [0.05, 0.1) is 11.4 Å².